The molecule has 0 fully saturated rings. The van der Waals surface area contributed by atoms with Crippen molar-refractivity contribution in [2.24, 2.45) is 0 Å². The van der Waals surface area contributed by atoms with E-state index in [2.05, 4.69) is 5.32 Å². The van der Waals surface area contributed by atoms with Crippen LogP contribution in [0.25, 0.3) is 0 Å². The molecule has 0 saturated carbocycles. The van der Waals surface area contributed by atoms with Crippen LogP contribution >= 0.6 is 11.6 Å². The van der Waals surface area contributed by atoms with Crippen LogP contribution in [0.4, 0.5) is 23.2 Å². The molecular formula is C18H17ClF4N2O4S. The molecule has 0 aromatic heterocycles. The van der Waals surface area contributed by atoms with E-state index in [1.165, 1.54) is 26.2 Å². The lowest BCUT2D eigenvalue weighted by Crippen LogP contribution is -2.37. The summed E-state index contributed by atoms with van der Waals surface area (Å²) in [5, 5.41) is 2.19. The van der Waals surface area contributed by atoms with Gasteiger partial charge in [0.25, 0.3) is 0 Å². The maximum atomic E-state index is 13.4. The average molecular weight is 469 g/mol. The Balaban J connectivity index is 2.21. The number of methoxy groups -OCH3 is 1. The van der Waals surface area contributed by atoms with Crippen molar-refractivity contribution in [1.82, 2.24) is 4.31 Å². The van der Waals surface area contributed by atoms with Gasteiger partial charge in [0.2, 0.25) is 15.9 Å². The maximum absolute atomic E-state index is 13.4. The van der Waals surface area contributed by atoms with Gasteiger partial charge in [0.15, 0.2) is 0 Å². The summed E-state index contributed by atoms with van der Waals surface area (Å²) in [5.41, 5.74) is -1.87. The van der Waals surface area contributed by atoms with Crippen LogP contribution in [-0.4, -0.2) is 38.8 Å². The van der Waals surface area contributed by atoms with E-state index in [-0.39, 0.29) is 27.9 Å². The molecule has 12 heteroatoms. The van der Waals surface area contributed by atoms with Crippen LogP contribution in [0, 0.1) is 5.82 Å². The Morgan fingerprint density at radius 3 is 2.40 bits per heavy atom. The van der Waals surface area contributed by atoms with E-state index in [9.17, 15) is 30.8 Å². The number of ether oxygens (including phenoxy) is 1. The second-order valence-electron chi connectivity index (χ2n) is 5.97. The number of nitrogens with one attached hydrogen (secondary N) is 1. The Morgan fingerprint density at radius 1 is 1.20 bits per heavy atom. The molecule has 2 aromatic carbocycles. The van der Waals surface area contributed by atoms with Gasteiger partial charge in [-0.15, -0.1) is 0 Å². The van der Waals surface area contributed by atoms with Crippen LogP contribution in [0.5, 0.6) is 5.75 Å². The lowest BCUT2D eigenvalue weighted by molar-refractivity contribution is -0.140. The average Bonchev–Trinajstić information content (AvgIpc) is 2.66. The highest BCUT2D eigenvalue weighted by Gasteiger charge is 2.34. The molecule has 0 spiro atoms. The van der Waals surface area contributed by atoms with Crippen LogP contribution in [0.3, 0.4) is 0 Å². The SMILES string of the molecule is CCN(CC(=O)Nc1ccc(F)c(C(F)(F)F)c1)S(=O)(=O)c1ccc(OC)c(Cl)c1. The van der Waals surface area contributed by atoms with Crippen molar-refractivity contribution in [1.29, 1.82) is 0 Å². The number of carbonyl (C=O) groups is 1. The first-order valence-electron chi connectivity index (χ1n) is 8.40. The molecule has 1 amide bonds. The quantitative estimate of drug-likeness (QED) is 0.619. The van der Waals surface area contributed by atoms with Gasteiger partial charge < -0.3 is 10.1 Å². The van der Waals surface area contributed by atoms with E-state index < -0.39 is 40.0 Å². The van der Waals surface area contributed by atoms with Gasteiger partial charge in [-0.1, -0.05) is 18.5 Å². The molecule has 0 aliphatic heterocycles. The molecule has 1 N–H and O–H groups in total. The molecule has 0 aliphatic carbocycles. The first-order valence-corrected chi connectivity index (χ1v) is 10.2. The van der Waals surface area contributed by atoms with Crippen LogP contribution < -0.4 is 10.1 Å². The third kappa shape index (κ3) is 5.41. The van der Waals surface area contributed by atoms with Crippen LogP contribution in [0.2, 0.25) is 5.02 Å². The van der Waals surface area contributed by atoms with E-state index >= 15 is 0 Å². The highest BCUT2D eigenvalue weighted by atomic mass is 35.5. The first kappa shape index (κ1) is 23.9. The molecule has 2 aromatic rings. The number of rotatable bonds is 7. The number of alkyl halides is 3. The zero-order valence-corrected chi connectivity index (χ0v) is 17.3. The van der Waals surface area contributed by atoms with Gasteiger partial charge in [0, 0.05) is 12.2 Å². The second-order valence-corrected chi connectivity index (χ2v) is 8.31. The molecule has 0 aliphatic rings. The van der Waals surface area contributed by atoms with E-state index in [1.807, 2.05) is 0 Å². The Bertz CT molecular complexity index is 1040. The fourth-order valence-corrected chi connectivity index (χ4v) is 4.26. The van der Waals surface area contributed by atoms with Gasteiger partial charge in [0.1, 0.15) is 11.6 Å². The molecule has 0 unspecified atom stereocenters. The minimum Gasteiger partial charge on any atom is -0.495 e. The lowest BCUT2D eigenvalue weighted by atomic mass is 10.2. The normalized spacial score (nSPS) is 12.1. The Hall–Kier alpha value is -2.37. The van der Waals surface area contributed by atoms with Gasteiger partial charge in [-0.25, -0.2) is 12.8 Å². The number of amides is 1. The molecule has 2 rings (SSSR count). The highest BCUT2D eigenvalue weighted by Crippen LogP contribution is 2.33. The summed E-state index contributed by atoms with van der Waals surface area (Å²) in [6.07, 6.45) is -4.95. The summed E-state index contributed by atoms with van der Waals surface area (Å²) in [7, 11) is -2.77. The fraction of sp³-hybridized carbons (Fsp3) is 0.278. The number of nitrogens with zero attached hydrogens (tertiary/aromatic N) is 1. The molecule has 164 valence electrons. The Labute approximate surface area is 175 Å². The highest BCUT2D eigenvalue weighted by molar-refractivity contribution is 7.89. The van der Waals surface area contributed by atoms with E-state index in [0.29, 0.717) is 12.1 Å². The number of hydrogen-bond donors (Lipinski definition) is 1. The van der Waals surface area contributed by atoms with Gasteiger partial charge in [-0.3, -0.25) is 4.79 Å². The van der Waals surface area contributed by atoms with Crippen molar-refractivity contribution in [3.8, 4) is 5.75 Å². The summed E-state index contributed by atoms with van der Waals surface area (Å²) in [5.74, 6) is -2.14. The van der Waals surface area contributed by atoms with E-state index in [4.69, 9.17) is 16.3 Å². The number of halogens is 5. The number of hydrogen-bond acceptors (Lipinski definition) is 4. The molecule has 30 heavy (non-hydrogen) atoms. The smallest absolute Gasteiger partial charge is 0.419 e. The van der Waals surface area contributed by atoms with Gasteiger partial charge in [0.05, 0.1) is 29.1 Å². The third-order valence-corrected chi connectivity index (χ3v) is 6.20. The number of benzene rings is 2. The van der Waals surface area contributed by atoms with Crippen molar-refractivity contribution in [2.45, 2.75) is 18.0 Å². The minimum absolute atomic E-state index is 0.0464. The van der Waals surface area contributed by atoms with Crippen LogP contribution in [-0.2, 0) is 21.0 Å². The largest absolute Gasteiger partial charge is 0.495 e. The van der Waals surface area contributed by atoms with Crippen molar-refractivity contribution in [3.63, 3.8) is 0 Å². The minimum atomic E-state index is -4.95. The monoisotopic (exact) mass is 468 g/mol. The third-order valence-electron chi connectivity index (χ3n) is 3.99. The van der Waals surface area contributed by atoms with Crippen molar-refractivity contribution < 1.29 is 35.5 Å². The fourth-order valence-electron chi connectivity index (χ4n) is 2.50. The summed E-state index contributed by atoms with van der Waals surface area (Å²) in [4.78, 5) is 12.0. The zero-order chi connectivity index (χ0) is 22.7. The number of likely N-dealkylation sites (N-methyl/N-ethyl adjacent to an activating group) is 1. The standard InChI is InChI=1S/C18H17ClF4N2O4S/c1-3-25(30(27,28)12-5-7-16(29-2)14(19)9-12)10-17(26)24-11-4-6-15(20)13(8-11)18(21,22)23/h4-9H,3,10H2,1-2H3,(H,24,26). The molecule has 0 bridgehead atoms. The molecule has 0 heterocycles. The van der Waals surface area contributed by atoms with Gasteiger partial charge in [-0.2, -0.15) is 17.5 Å². The Morgan fingerprint density at radius 2 is 1.87 bits per heavy atom. The predicted octanol–water partition coefficient (Wildman–Crippen LogP) is 4.16. The topological polar surface area (TPSA) is 75.7 Å². The number of anilines is 1. The van der Waals surface area contributed by atoms with Crippen LogP contribution in [0.15, 0.2) is 41.3 Å². The molecule has 0 saturated heterocycles. The summed E-state index contributed by atoms with van der Waals surface area (Å²) >= 11 is 5.95. The van der Waals surface area contributed by atoms with Crippen molar-refractivity contribution in [3.05, 3.63) is 52.8 Å². The first-order chi connectivity index (χ1) is 13.9. The summed E-state index contributed by atoms with van der Waals surface area (Å²) < 4.78 is 83.1. The van der Waals surface area contributed by atoms with E-state index in [1.54, 1.807) is 0 Å². The zero-order valence-electron chi connectivity index (χ0n) is 15.8. The second kappa shape index (κ2) is 9.19. The maximum Gasteiger partial charge on any atom is 0.419 e. The molecule has 0 atom stereocenters. The van der Waals surface area contributed by atoms with Gasteiger partial charge >= 0.3 is 6.18 Å². The lowest BCUT2D eigenvalue weighted by Gasteiger charge is -2.20. The number of carbonyl (C=O) groups excluding carboxylic acids is 1. The molecule has 0 radical (unpaired) electrons. The van der Waals surface area contributed by atoms with E-state index in [0.717, 1.165) is 16.4 Å². The summed E-state index contributed by atoms with van der Waals surface area (Å²) in [6, 6.07) is 5.69. The molecular weight excluding hydrogens is 452 g/mol. The number of sulfonamides is 1. The summed E-state index contributed by atoms with van der Waals surface area (Å²) in [6.45, 7) is 0.702. The predicted molar refractivity (Wildman–Crippen MR) is 102 cm³/mol. The van der Waals surface area contributed by atoms with Gasteiger partial charge in [-0.05, 0) is 36.4 Å². The van der Waals surface area contributed by atoms with Crippen molar-refractivity contribution >= 4 is 33.2 Å². The molecule has 6 nitrogen and oxygen atoms in total. The van der Waals surface area contributed by atoms with Crippen LogP contribution in [0.1, 0.15) is 12.5 Å². The Kier molecular flexibility index (Phi) is 7.32. The van der Waals surface area contributed by atoms with Crippen molar-refractivity contribution in [2.75, 3.05) is 25.5 Å².